The highest BCUT2D eigenvalue weighted by atomic mass is 19.1. The molecule has 0 radical (unpaired) electrons. The third-order valence-corrected chi connectivity index (χ3v) is 3.19. The molecule has 100 valence electrons. The third-order valence-electron chi connectivity index (χ3n) is 3.19. The Morgan fingerprint density at radius 3 is 2.37 bits per heavy atom. The topological polar surface area (TPSA) is 9.23 Å². The van der Waals surface area contributed by atoms with Crippen LogP contribution in [0, 0.1) is 12.7 Å². The fourth-order valence-corrected chi connectivity index (χ4v) is 1.89. The SMILES string of the molecule is Cc1ccc(F)cc1OCc1ccc(C(C)C)cc1. The van der Waals surface area contributed by atoms with Gasteiger partial charge in [-0.05, 0) is 35.6 Å². The van der Waals surface area contributed by atoms with Gasteiger partial charge in [0.25, 0.3) is 0 Å². The van der Waals surface area contributed by atoms with Crippen molar-refractivity contribution < 1.29 is 9.13 Å². The average Bonchev–Trinajstić information content (AvgIpc) is 2.40. The molecule has 0 heterocycles. The van der Waals surface area contributed by atoms with E-state index in [1.807, 2.05) is 6.92 Å². The smallest absolute Gasteiger partial charge is 0.126 e. The van der Waals surface area contributed by atoms with Crippen molar-refractivity contribution in [3.63, 3.8) is 0 Å². The lowest BCUT2D eigenvalue weighted by Crippen LogP contribution is -1.98. The summed E-state index contributed by atoms with van der Waals surface area (Å²) in [6, 6.07) is 12.9. The van der Waals surface area contributed by atoms with E-state index in [1.54, 1.807) is 6.07 Å². The van der Waals surface area contributed by atoms with Gasteiger partial charge in [0, 0.05) is 6.07 Å². The Hall–Kier alpha value is -1.83. The van der Waals surface area contributed by atoms with Gasteiger partial charge in [-0.15, -0.1) is 0 Å². The second-order valence-electron chi connectivity index (χ2n) is 5.09. The summed E-state index contributed by atoms with van der Waals surface area (Å²) >= 11 is 0. The standard InChI is InChI=1S/C17H19FO/c1-12(2)15-7-5-14(6-8-15)11-19-17-10-16(18)9-4-13(17)3/h4-10,12H,11H2,1-3H3. The van der Waals surface area contributed by atoms with Crippen LogP contribution >= 0.6 is 0 Å². The zero-order valence-electron chi connectivity index (χ0n) is 11.6. The van der Waals surface area contributed by atoms with E-state index >= 15 is 0 Å². The summed E-state index contributed by atoms with van der Waals surface area (Å²) in [6.45, 7) is 6.71. The van der Waals surface area contributed by atoms with E-state index in [2.05, 4.69) is 38.1 Å². The molecule has 0 spiro atoms. The molecule has 0 amide bonds. The van der Waals surface area contributed by atoms with Crippen molar-refractivity contribution in [3.8, 4) is 5.75 Å². The van der Waals surface area contributed by atoms with Gasteiger partial charge in [0.1, 0.15) is 18.2 Å². The predicted octanol–water partition coefficient (Wildman–Crippen LogP) is 4.84. The lowest BCUT2D eigenvalue weighted by molar-refractivity contribution is 0.302. The first-order valence-corrected chi connectivity index (χ1v) is 6.54. The van der Waals surface area contributed by atoms with Gasteiger partial charge in [0.15, 0.2) is 0 Å². The monoisotopic (exact) mass is 258 g/mol. The van der Waals surface area contributed by atoms with Crippen molar-refractivity contribution in [2.45, 2.75) is 33.3 Å². The maximum absolute atomic E-state index is 13.1. The summed E-state index contributed by atoms with van der Waals surface area (Å²) in [6.07, 6.45) is 0. The van der Waals surface area contributed by atoms with Crippen molar-refractivity contribution in [2.24, 2.45) is 0 Å². The van der Waals surface area contributed by atoms with Crippen LogP contribution in [0.25, 0.3) is 0 Å². The highest BCUT2D eigenvalue weighted by Gasteiger charge is 2.03. The minimum absolute atomic E-state index is 0.268. The zero-order valence-corrected chi connectivity index (χ0v) is 11.6. The van der Waals surface area contributed by atoms with E-state index in [4.69, 9.17) is 4.74 Å². The molecule has 2 aromatic rings. The molecule has 0 fully saturated rings. The predicted molar refractivity (Wildman–Crippen MR) is 76.0 cm³/mol. The minimum atomic E-state index is -0.268. The largest absolute Gasteiger partial charge is 0.489 e. The van der Waals surface area contributed by atoms with Gasteiger partial charge in [-0.2, -0.15) is 0 Å². The fourth-order valence-electron chi connectivity index (χ4n) is 1.89. The van der Waals surface area contributed by atoms with E-state index in [-0.39, 0.29) is 5.82 Å². The number of benzene rings is 2. The van der Waals surface area contributed by atoms with Gasteiger partial charge < -0.3 is 4.74 Å². The van der Waals surface area contributed by atoms with E-state index < -0.39 is 0 Å². The van der Waals surface area contributed by atoms with Crippen LogP contribution in [0.1, 0.15) is 36.5 Å². The summed E-state index contributed by atoms with van der Waals surface area (Å²) in [7, 11) is 0. The molecule has 0 saturated heterocycles. The molecule has 19 heavy (non-hydrogen) atoms. The molecule has 2 aromatic carbocycles. The molecule has 0 saturated carbocycles. The van der Waals surface area contributed by atoms with Crippen molar-refractivity contribution >= 4 is 0 Å². The molecular weight excluding hydrogens is 239 g/mol. The van der Waals surface area contributed by atoms with E-state index in [1.165, 1.54) is 17.7 Å². The summed E-state index contributed by atoms with van der Waals surface area (Å²) in [5, 5.41) is 0. The second-order valence-corrected chi connectivity index (χ2v) is 5.09. The summed E-state index contributed by atoms with van der Waals surface area (Å²) in [5.41, 5.74) is 3.35. The van der Waals surface area contributed by atoms with Gasteiger partial charge in [0.05, 0.1) is 0 Å². The maximum atomic E-state index is 13.1. The van der Waals surface area contributed by atoms with Crippen LogP contribution in [0.3, 0.4) is 0 Å². The summed E-state index contributed by atoms with van der Waals surface area (Å²) < 4.78 is 18.8. The Bertz CT molecular complexity index is 544. The zero-order chi connectivity index (χ0) is 13.8. The molecule has 0 aliphatic heterocycles. The van der Waals surface area contributed by atoms with Gasteiger partial charge in [0.2, 0.25) is 0 Å². The Morgan fingerprint density at radius 1 is 1.05 bits per heavy atom. The van der Waals surface area contributed by atoms with Gasteiger partial charge in [-0.1, -0.05) is 44.2 Å². The first-order chi connectivity index (χ1) is 9.06. The highest BCUT2D eigenvalue weighted by molar-refractivity contribution is 5.33. The molecule has 0 aliphatic rings. The van der Waals surface area contributed by atoms with E-state index in [0.717, 1.165) is 11.1 Å². The van der Waals surface area contributed by atoms with Gasteiger partial charge >= 0.3 is 0 Å². The molecule has 0 unspecified atom stereocenters. The van der Waals surface area contributed by atoms with Crippen molar-refractivity contribution in [1.82, 2.24) is 0 Å². The second kappa shape index (κ2) is 5.87. The van der Waals surface area contributed by atoms with Crippen LogP contribution < -0.4 is 4.74 Å². The molecule has 1 nitrogen and oxygen atoms in total. The Morgan fingerprint density at radius 2 is 1.74 bits per heavy atom. The molecule has 0 aromatic heterocycles. The number of rotatable bonds is 4. The lowest BCUT2D eigenvalue weighted by Gasteiger charge is -2.10. The third kappa shape index (κ3) is 3.57. The van der Waals surface area contributed by atoms with Crippen LogP contribution in [-0.4, -0.2) is 0 Å². The minimum Gasteiger partial charge on any atom is -0.489 e. The summed E-state index contributed by atoms with van der Waals surface area (Å²) in [4.78, 5) is 0. The molecule has 0 bridgehead atoms. The van der Waals surface area contributed by atoms with Crippen LogP contribution in [0.2, 0.25) is 0 Å². The van der Waals surface area contributed by atoms with Crippen LogP contribution in [-0.2, 0) is 6.61 Å². The number of hydrogen-bond donors (Lipinski definition) is 0. The average molecular weight is 258 g/mol. The van der Waals surface area contributed by atoms with Crippen molar-refractivity contribution in [3.05, 3.63) is 65.0 Å². The van der Waals surface area contributed by atoms with Crippen LogP contribution in [0.4, 0.5) is 4.39 Å². The van der Waals surface area contributed by atoms with E-state index in [9.17, 15) is 4.39 Å². The molecule has 0 atom stereocenters. The summed E-state index contributed by atoms with van der Waals surface area (Å²) in [5.74, 6) is 0.865. The highest BCUT2D eigenvalue weighted by Crippen LogP contribution is 2.21. The normalized spacial score (nSPS) is 10.8. The first kappa shape index (κ1) is 13.6. The lowest BCUT2D eigenvalue weighted by atomic mass is 10.0. The first-order valence-electron chi connectivity index (χ1n) is 6.54. The van der Waals surface area contributed by atoms with Crippen molar-refractivity contribution in [1.29, 1.82) is 0 Å². The number of hydrogen-bond acceptors (Lipinski definition) is 1. The fraction of sp³-hybridized carbons (Fsp3) is 0.294. The molecule has 2 heteroatoms. The van der Waals surface area contributed by atoms with Gasteiger partial charge in [-0.3, -0.25) is 0 Å². The van der Waals surface area contributed by atoms with E-state index in [0.29, 0.717) is 18.3 Å². The Labute approximate surface area is 114 Å². The van der Waals surface area contributed by atoms with Crippen molar-refractivity contribution in [2.75, 3.05) is 0 Å². The van der Waals surface area contributed by atoms with Crippen LogP contribution in [0.15, 0.2) is 42.5 Å². The Kier molecular flexibility index (Phi) is 4.20. The van der Waals surface area contributed by atoms with Gasteiger partial charge in [-0.25, -0.2) is 4.39 Å². The quantitative estimate of drug-likeness (QED) is 0.762. The Balaban J connectivity index is 2.04. The molecule has 2 rings (SSSR count). The molecule has 0 aliphatic carbocycles. The molecular formula is C17H19FO. The number of halogens is 1. The maximum Gasteiger partial charge on any atom is 0.126 e. The number of ether oxygens (including phenoxy) is 1. The van der Waals surface area contributed by atoms with Crippen LogP contribution in [0.5, 0.6) is 5.75 Å². The molecule has 0 N–H and O–H groups in total. The number of aryl methyl sites for hydroxylation is 1.